The molecular formula is C72H114N12O13. The predicted molar refractivity (Wildman–Crippen MR) is 370 cm³/mol. The maximum absolute atomic E-state index is 15.6. The zero-order chi connectivity index (χ0) is 72.9. The molecule has 0 aromatic heterocycles. The van der Waals surface area contributed by atoms with E-state index in [0.717, 1.165) is 24.2 Å². The fourth-order valence-corrected chi connectivity index (χ4v) is 12.5. The van der Waals surface area contributed by atoms with Gasteiger partial charge in [0.1, 0.15) is 60.4 Å². The molecule has 2 heterocycles. The molecule has 4 rings (SSSR count). The van der Waals surface area contributed by atoms with Crippen molar-refractivity contribution in [3.63, 3.8) is 0 Å². The Hall–Kier alpha value is -7.96. The van der Waals surface area contributed by atoms with Gasteiger partial charge in [-0.05, 0) is 101 Å². The molecule has 540 valence electrons. The standard InChI is InChI=1S/C72H114N12O13/c1-19-47(8)62-66(91)75-53(38-44(2)3)68(93)80(15)56(40-46(6)7)64(89)74-54(69(94)84-36-27-22-28-37-84)43-60(87)77(12)35-29-34-59(86)79(14)55(39-45(4)5)65(90)76-61(50(11)85)72(97)78(13)49(10)63(88)73-48(9)67(92)81(16)57(41-51-30-23-20-24-31-51)70(95)82(17)58(71(96)83(62)18)42-52-32-25-21-26-33-52/h20-21,23-26,30-33,44-50,53-58,61-62,85H,19,22,27-29,34-43H2,1-18H3,(H,73,88)(H,74,89)(H,75,91)(H,76,90)/t47-,48-,49-,50+,53-,54-,55-,56-,57-,58-,61-,62-/m0/s1. The van der Waals surface area contributed by atoms with E-state index < -0.39 is 150 Å². The van der Waals surface area contributed by atoms with Gasteiger partial charge >= 0.3 is 0 Å². The van der Waals surface area contributed by atoms with Crippen LogP contribution in [0.1, 0.15) is 151 Å². The minimum atomic E-state index is -1.60. The summed E-state index contributed by atoms with van der Waals surface area (Å²) in [5.41, 5.74) is 1.33. The van der Waals surface area contributed by atoms with Crippen LogP contribution >= 0.6 is 0 Å². The van der Waals surface area contributed by atoms with Crippen molar-refractivity contribution in [2.45, 2.75) is 220 Å². The summed E-state index contributed by atoms with van der Waals surface area (Å²) in [5.74, 6) is -8.85. The number of nitrogens with one attached hydrogen (secondary N) is 4. The number of rotatable bonds is 14. The van der Waals surface area contributed by atoms with Gasteiger partial charge in [-0.25, -0.2) is 0 Å². The Morgan fingerprint density at radius 3 is 1.45 bits per heavy atom. The molecule has 97 heavy (non-hydrogen) atoms. The first-order valence-corrected chi connectivity index (χ1v) is 34.6. The van der Waals surface area contributed by atoms with E-state index in [1.54, 1.807) is 72.5 Å². The molecule has 12 atom stereocenters. The van der Waals surface area contributed by atoms with Crippen LogP contribution in [0.2, 0.25) is 0 Å². The van der Waals surface area contributed by atoms with Crippen molar-refractivity contribution < 1.29 is 62.6 Å². The van der Waals surface area contributed by atoms with Gasteiger partial charge in [0.15, 0.2) is 0 Å². The first-order valence-electron chi connectivity index (χ1n) is 34.6. The van der Waals surface area contributed by atoms with Crippen molar-refractivity contribution in [3.05, 3.63) is 71.8 Å². The Kier molecular flexibility index (Phi) is 32.1. The van der Waals surface area contributed by atoms with E-state index in [-0.39, 0.29) is 69.2 Å². The van der Waals surface area contributed by atoms with E-state index in [0.29, 0.717) is 30.6 Å². The van der Waals surface area contributed by atoms with E-state index in [2.05, 4.69) is 21.3 Å². The van der Waals surface area contributed by atoms with E-state index in [1.807, 2.05) is 48.5 Å². The zero-order valence-electron chi connectivity index (χ0n) is 61.0. The molecule has 0 radical (unpaired) electrons. The lowest BCUT2D eigenvalue weighted by Gasteiger charge is -2.39. The van der Waals surface area contributed by atoms with Gasteiger partial charge in [-0.2, -0.15) is 0 Å². The lowest BCUT2D eigenvalue weighted by molar-refractivity contribution is -0.153. The number of carbonyl (C=O) groups excluding carboxylic acids is 12. The van der Waals surface area contributed by atoms with Crippen LogP contribution in [0.3, 0.4) is 0 Å². The van der Waals surface area contributed by atoms with Crippen molar-refractivity contribution in [3.8, 4) is 0 Å². The molecule has 0 saturated carbocycles. The van der Waals surface area contributed by atoms with Crippen LogP contribution in [0, 0.1) is 23.7 Å². The van der Waals surface area contributed by atoms with Gasteiger partial charge in [0.25, 0.3) is 0 Å². The molecule has 25 heteroatoms. The Labute approximate surface area is 575 Å². The Morgan fingerprint density at radius 1 is 0.485 bits per heavy atom. The lowest BCUT2D eigenvalue weighted by Crippen LogP contribution is -2.62. The van der Waals surface area contributed by atoms with Crippen molar-refractivity contribution >= 4 is 70.9 Å². The number of carbonyl (C=O) groups is 12. The number of hydrogen-bond donors (Lipinski definition) is 5. The highest BCUT2D eigenvalue weighted by atomic mass is 16.3. The number of benzene rings is 2. The van der Waals surface area contributed by atoms with Crippen molar-refractivity contribution in [2.75, 3.05) is 69.0 Å². The van der Waals surface area contributed by atoms with Gasteiger partial charge in [-0.3, -0.25) is 57.5 Å². The molecule has 2 aromatic carbocycles. The quantitative estimate of drug-likeness (QED) is 0.181. The molecule has 25 nitrogen and oxygen atoms in total. The average molecular weight is 1360 g/mol. The maximum atomic E-state index is 15.6. The number of piperidine rings is 1. The van der Waals surface area contributed by atoms with Crippen molar-refractivity contribution in [2.24, 2.45) is 23.7 Å². The van der Waals surface area contributed by atoms with Crippen LogP contribution in [-0.2, 0) is 70.4 Å². The molecule has 2 aliphatic rings. The third-order valence-electron chi connectivity index (χ3n) is 19.0. The Balaban J connectivity index is 1.91. The van der Waals surface area contributed by atoms with E-state index in [1.165, 1.54) is 99.5 Å². The smallest absolute Gasteiger partial charge is 0.248 e. The van der Waals surface area contributed by atoms with Gasteiger partial charge < -0.3 is 65.6 Å². The van der Waals surface area contributed by atoms with E-state index in [4.69, 9.17) is 0 Å². The molecule has 0 bridgehead atoms. The molecule has 2 saturated heterocycles. The minimum absolute atomic E-state index is 0.0316. The molecule has 2 fully saturated rings. The summed E-state index contributed by atoms with van der Waals surface area (Å²) in [5, 5.41) is 22.2. The second kappa shape index (κ2) is 38.3. The van der Waals surface area contributed by atoms with Gasteiger partial charge in [0.2, 0.25) is 70.9 Å². The van der Waals surface area contributed by atoms with Crippen LogP contribution in [0.5, 0.6) is 0 Å². The van der Waals surface area contributed by atoms with Crippen LogP contribution in [0.15, 0.2) is 60.7 Å². The summed E-state index contributed by atoms with van der Waals surface area (Å²) in [6, 6.07) is 4.97. The average Bonchev–Trinajstić information content (AvgIpc) is 0.813. The third kappa shape index (κ3) is 23.1. The van der Waals surface area contributed by atoms with E-state index in [9.17, 15) is 43.5 Å². The molecule has 0 aliphatic carbocycles. The molecular weight excluding hydrogens is 1240 g/mol. The number of amides is 12. The van der Waals surface area contributed by atoms with Crippen LogP contribution in [0.4, 0.5) is 0 Å². The van der Waals surface area contributed by atoms with Crippen LogP contribution in [-0.4, -0.2) is 251 Å². The zero-order valence-corrected chi connectivity index (χ0v) is 61.0. The summed E-state index contributed by atoms with van der Waals surface area (Å²) in [6.45, 7) is 19.8. The summed E-state index contributed by atoms with van der Waals surface area (Å²) in [7, 11) is 10.1. The number of hydrogen-bond acceptors (Lipinski definition) is 13. The minimum Gasteiger partial charge on any atom is -0.391 e. The Morgan fingerprint density at radius 2 is 0.959 bits per heavy atom. The summed E-state index contributed by atoms with van der Waals surface area (Å²) < 4.78 is 0. The molecule has 5 N–H and O–H groups in total. The van der Waals surface area contributed by atoms with Crippen molar-refractivity contribution in [1.82, 2.24) is 60.5 Å². The van der Waals surface area contributed by atoms with Gasteiger partial charge in [-0.1, -0.05) is 122 Å². The fourth-order valence-electron chi connectivity index (χ4n) is 12.5. The number of nitrogens with zero attached hydrogens (tertiary/aromatic N) is 8. The first-order chi connectivity index (χ1) is 45.5. The summed E-state index contributed by atoms with van der Waals surface area (Å²) in [6.07, 6.45) is 1.09. The third-order valence-corrected chi connectivity index (χ3v) is 19.0. The monoisotopic (exact) mass is 1350 g/mol. The molecule has 0 unspecified atom stereocenters. The number of likely N-dealkylation sites (N-methyl/N-ethyl adjacent to an activating group) is 6. The van der Waals surface area contributed by atoms with Gasteiger partial charge in [-0.15, -0.1) is 0 Å². The highest BCUT2D eigenvalue weighted by Crippen LogP contribution is 2.24. The first kappa shape index (κ1) is 81.5. The van der Waals surface area contributed by atoms with Gasteiger partial charge in [0, 0.05) is 88.2 Å². The van der Waals surface area contributed by atoms with Gasteiger partial charge in [0.05, 0.1) is 12.5 Å². The Bertz CT molecular complexity index is 3000. The van der Waals surface area contributed by atoms with Crippen LogP contribution < -0.4 is 21.3 Å². The second-order valence-electron chi connectivity index (χ2n) is 28.2. The number of aliphatic hydroxyl groups excluding tert-OH is 1. The highest BCUT2D eigenvalue weighted by molar-refractivity contribution is 5.99. The molecule has 2 aromatic rings. The van der Waals surface area contributed by atoms with Crippen LogP contribution in [0.25, 0.3) is 0 Å². The van der Waals surface area contributed by atoms with E-state index >= 15 is 19.2 Å². The predicted octanol–water partition coefficient (Wildman–Crippen LogP) is 3.63. The second-order valence-corrected chi connectivity index (χ2v) is 28.2. The molecule has 2 aliphatic heterocycles. The maximum Gasteiger partial charge on any atom is 0.248 e. The fraction of sp³-hybridized carbons (Fsp3) is 0.667. The topological polar surface area (TPSA) is 299 Å². The summed E-state index contributed by atoms with van der Waals surface area (Å²) >= 11 is 0. The lowest BCUT2D eigenvalue weighted by atomic mass is 9.93. The number of aliphatic hydroxyl groups is 1. The van der Waals surface area contributed by atoms with Crippen molar-refractivity contribution in [1.29, 1.82) is 0 Å². The SMILES string of the molecule is CC[C@H](C)[C@H]1C(=O)N[C@@H](CC(C)C)C(=O)N(C)[C@@H](CC(C)C)C(=O)N[C@H](C(=O)N2CCCCC2)CC(=O)N(C)CCCC(=O)N(C)[C@@H](CC(C)C)C(=O)N[C@@H]([C@@H](C)O)C(=O)N(C)[C@@H](C)C(=O)N[C@@H](C)C(=O)N(C)[C@@H](Cc2ccccc2)C(=O)N(C)[C@@H](Cc2ccccc2)C(=O)N1C. The summed E-state index contributed by atoms with van der Waals surface area (Å²) in [4.78, 5) is 187. The molecule has 12 amide bonds. The highest BCUT2D eigenvalue weighted by Gasteiger charge is 2.44. The number of likely N-dealkylation sites (tertiary alicyclic amines) is 1. The normalized spacial score (nSPS) is 26.0. The largest absolute Gasteiger partial charge is 0.391 e. The molecule has 0 spiro atoms.